The van der Waals surface area contributed by atoms with Gasteiger partial charge < -0.3 is 14.9 Å². The van der Waals surface area contributed by atoms with Crippen molar-refractivity contribution >= 4 is 5.97 Å². The monoisotopic (exact) mass is 223 g/mol. The number of aromatic nitrogens is 1. The summed E-state index contributed by atoms with van der Waals surface area (Å²) in [6.07, 6.45) is -0.130. The number of pyridine rings is 1. The minimum atomic E-state index is -1.05. The van der Waals surface area contributed by atoms with E-state index in [0.29, 0.717) is 11.6 Å². The lowest BCUT2D eigenvalue weighted by atomic mass is 9.64. The molecule has 1 aromatic rings. The predicted molar refractivity (Wildman–Crippen MR) is 55.3 cm³/mol. The van der Waals surface area contributed by atoms with Crippen molar-refractivity contribution in [1.29, 1.82) is 0 Å². The van der Waals surface area contributed by atoms with Crippen LogP contribution in [0.2, 0.25) is 0 Å². The third-order valence-corrected chi connectivity index (χ3v) is 3.00. The topological polar surface area (TPSA) is 79.7 Å². The molecule has 1 aliphatic rings. The molecule has 16 heavy (non-hydrogen) atoms. The zero-order valence-electron chi connectivity index (χ0n) is 8.88. The second-order valence-electron chi connectivity index (χ2n) is 4.01. The lowest BCUT2D eigenvalue weighted by molar-refractivity contribution is -0.153. The Morgan fingerprint density at radius 3 is 2.75 bits per heavy atom. The first-order valence-electron chi connectivity index (χ1n) is 5.01. The highest BCUT2D eigenvalue weighted by Crippen LogP contribution is 2.43. The highest BCUT2D eigenvalue weighted by atomic mass is 16.5. The van der Waals surface area contributed by atoms with Crippen molar-refractivity contribution in [3.8, 4) is 5.88 Å². The number of carboxylic acid groups (broad SMARTS) is 1. The number of methoxy groups -OCH3 is 1. The molecule has 0 aliphatic heterocycles. The van der Waals surface area contributed by atoms with Gasteiger partial charge in [0, 0.05) is 6.07 Å². The van der Waals surface area contributed by atoms with Gasteiger partial charge >= 0.3 is 5.97 Å². The van der Waals surface area contributed by atoms with Crippen molar-refractivity contribution in [3.05, 3.63) is 23.9 Å². The summed E-state index contributed by atoms with van der Waals surface area (Å²) in [5.41, 5.74) is -0.599. The van der Waals surface area contributed by atoms with Crippen LogP contribution in [0.1, 0.15) is 18.5 Å². The number of nitrogens with zero attached hydrogens (tertiary/aromatic N) is 1. The fourth-order valence-electron chi connectivity index (χ4n) is 2.03. The van der Waals surface area contributed by atoms with Crippen LogP contribution in [0.5, 0.6) is 5.88 Å². The lowest BCUT2D eigenvalue weighted by Crippen LogP contribution is -2.51. The Kier molecular flexibility index (Phi) is 2.55. The minimum absolute atomic E-state index is 0.211. The SMILES string of the molecule is COc1cccc(C2(C(=O)O)CC(O)C2)n1. The van der Waals surface area contributed by atoms with E-state index >= 15 is 0 Å². The van der Waals surface area contributed by atoms with E-state index in [1.807, 2.05) is 0 Å². The fourth-order valence-corrected chi connectivity index (χ4v) is 2.03. The van der Waals surface area contributed by atoms with E-state index in [4.69, 9.17) is 4.74 Å². The predicted octanol–water partition coefficient (Wildman–Crippen LogP) is 0.567. The van der Waals surface area contributed by atoms with Gasteiger partial charge in [-0.25, -0.2) is 4.98 Å². The van der Waals surface area contributed by atoms with Gasteiger partial charge in [-0.3, -0.25) is 4.79 Å². The summed E-state index contributed by atoms with van der Waals surface area (Å²) in [5.74, 6) is -0.557. The molecule has 0 amide bonds. The summed E-state index contributed by atoms with van der Waals surface area (Å²) >= 11 is 0. The largest absolute Gasteiger partial charge is 0.481 e. The third-order valence-electron chi connectivity index (χ3n) is 3.00. The van der Waals surface area contributed by atoms with Crippen LogP contribution in [-0.4, -0.2) is 34.4 Å². The highest BCUT2D eigenvalue weighted by Gasteiger charge is 2.52. The van der Waals surface area contributed by atoms with E-state index in [2.05, 4.69) is 4.98 Å². The fraction of sp³-hybridized carbons (Fsp3) is 0.455. The molecule has 0 aromatic carbocycles. The quantitative estimate of drug-likeness (QED) is 0.783. The molecule has 0 bridgehead atoms. The Balaban J connectivity index is 2.37. The molecule has 1 aromatic heterocycles. The maximum Gasteiger partial charge on any atom is 0.315 e. The van der Waals surface area contributed by atoms with Crippen molar-refractivity contribution in [2.24, 2.45) is 0 Å². The second-order valence-corrected chi connectivity index (χ2v) is 4.01. The van der Waals surface area contributed by atoms with Crippen LogP contribution < -0.4 is 4.74 Å². The molecule has 2 N–H and O–H groups in total. The normalized spacial score (nSPS) is 28.2. The molecule has 1 saturated carbocycles. The molecule has 5 nitrogen and oxygen atoms in total. The summed E-state index contributed by atoms with van der Waals surface area (Å²) in [6.45, 7) is 0. The molecule has 0 atom stereocenters. The van der Waals surface area contributed by atoms with E-state index in [9.17, 15) is 15.0 Å². The Morgan fingerprint density at radius 1 is 1.56 bits per heavy atom. The molecule has 1 heterocycles. The minimum Gasteiger partial charge on any atom is -0.481 e. The average molecular weight is 223 g/mol. The van der Waals surface area contributed by atoms with Crippen LogP contribution in [0, 0.1) is 0 Å². The van der Waals surface area contributed by atoms with Crippen molar-refractivity contribution < 1.29 is 19.7 Å². The van der Waals surface area contributed by atoms with Crippen molar-refractivity contribution in [2.45, 2.75) is 24.4 Å². The second kappa shape index (κ2) is 3.75. The first-order chi connectivity index (χ1) is 7.58. The Labute approximate surface area is 92.7 Å². The molecule has 2 rings (SSSR count). The molecule has 1 fully saturated rings. The number of carbonyl (C=O) groups is 1. The molecule has 0 unspecified atom stereocenters. The molecule has 0 spiro atoms. The van der Waals surface area contributed by atoms with Crippen molar-refractivity contribution in [3.63, 3.8) is 0 Å². The van der Waals surface area contributed by atoms with Gasteiger partial charge in [0.25, 0.3) is 0 Å². The van der Waals surface area contributed by atoms with Gasteiger partial charge in [-0.05, 0) is 18.9 Å². The van der Waals surface area contributed by atoms with Gasteiger partial charge in [-0.1, -0.05) is 6.07 Å². The molecular formula is C11H13NO4. The Bertz CT molecular complexity index is 412. The number of aliphatic hydroxyl groups excluding tert-OH is 1. The van der Waals surface area contributed by atoms with Crippen LogP contribution >= 0.6 is 0 Å². The zero-order chi connectivity index (χ0) is 11.8. The van der Waals surface area contributed by atoms with Crippen LogP contribution in [0.25, 0.3) is 0 Å². The maximum atomic E-state index is 11.3. The summed E-state index contributed by atoms with van der Waals surface area (Å²) < 4.78 is 4.96. The van der Waals surface area contributed by atoms with Gasteiger partial charge in [0.1, 0.15) is 5.41 Å². The summed E-state index contributed by atoms with van der Waals surface area (Å²) in [5, 5.41) is 18.5. The number of aliphatic hydroxyl groups is 1. The first kappa shape index (κ1) is 10.9. The number of carboxylic acids is 1. The smallest absolute Gasteiger partial charge is 0.315 e. The average Bonchev–Trinajstić information content (AvgIpc) is 2.24. The first-order valence-corrected chi connectivity index (χ1v) is 5.01. The zero-order valence-corrected chi connectivity index (χ0v) is 8.88. The molecular weight excluding hydrogens is 210 g/mol. The van der Waals surface area contributed by atoms with Gasteiger partial charge in [-0.2, -0.15) is 0 Å². The van der Waals surface area contributed by atoms with Crippen LogP contribution in [-0.2, 0) is 10.2 Å². The van der Waals surface area contributed by atoms with E-state index in [1.54, 1.807) is 18.2 Å². The number of ether oxygens (including phenoxy) is 1. The standard InChI is InChI=1S/C11H13NO4/c1-16-9-4-2-3-8(12-9)11(10(14)15)5-7(13)6-11/h2-4,7,13H,5-6H2,1H3,(H,14,15). The molecule has 0 saturated heterocycles. The van der Waals surface area contributed by atoms with Crippen molar-refractivity contribution in [2.75, 3.05) is 7.11 Å². The Morgan fingerprint density at radius 2 is 2.25 bits per heavy atom. The van der Waals surface area contributed by atoms with Crippen LogP contribution in [0.3, 0.4) is 0 Å². The number of aliphatic carboxylic acids is 1. The molecule has 86 valence electrons. The summed E-state index contributed by atoms with van der Waals surface area (Å²) in [4.78, 5) is 15.4. The van der Waals surface area contributed by atoms with Crippen LogP contribution in [0.4, 0.5) is 0 Å². The van der Waals surface area contributed by atoms with Gasteiger partial charge in [-0.15, -0.1) is 0 Å². The molecule has 1 aliphatic carbocycles. The molecule has 5 heteroatoms. The van der Waals surface area contributed by atoms with Gasteiger partial charge in [0.05, 0.1) is 18.9 Å². The van der Waals surface area contributed by atoms with Crippen LogP contribution in [0.15, 0.2) is 18.2 Å². The number of rotatable bonds is 3. The summed E-state index contributed by atoms with van der Waals surface area (Å²) in [6, 6.07) is 5.02. The highest BCUT2D eigenvalue weighted by molar-refractivity contribution is 5.82. The summed E-state index contributed by atoms with van der Waals surface area (Å²) in [7, 11) is 1.48. The number of hydrogen-bond donors (Lipinski definition) is 2. The lowest BCUT2D eigenvalue weighted by Gasteiger charge is -2.41. The van der Waals surface area contributed by atoms with Gasteiger partial charge in [0.15, 0.2) is 0 Å². The number of hydrogen-bond acceptors (Lipinski definition) is 4. The third kappa shape index (κ3) is 1.53. The van der Waals surface area contributed by atoms with E-state index < -0.39 is 17.5 Å². The van der Waals surface area contributed by atoms with Gasteiger partial charge in [0.2, 0.25) is 5.88 Å². The Hall–Kier alpha value is -1.62. The maximum absolute atomic E-state index is 11.3. The van der Waals surface area contributed by atoms with E-state index in [1.165, 1.54) is 7.11 Å². The van der Waals surface area contributed by atoms with Crippen molar-refractivity contribution in [1.82, 2.24) is 4.98 Å². The molecule has 0 radical (unpaired) electrons. The van der Waals surface area contributed by atoms with E-state index in [-0.39, 0.29) is 12.8 Å². The van der Waals surface area contributed by atoms with E-state index in [0.717, 1.165) is 0 Å².